The number of nitrogens with one attached hydrogen (secondary N) is 1. The fourth-order valence-electron chi connectivity index (χ4n) is 2.96. The predicted molar refractivity (Wildman–Crippen MR) is 109 cm³/mol. The number of carbonyl (C=O) groups excluding carboxylic acids is 1. The predicted octanol–water partition coefficient (Wildman–Crippen LogP) is 1.71. The van der Waals surface area contributed by atoms with E-state index in [0.29, 0.717) is 13.2 Å². The molecule has 0 spiro atoms. The Labute approximate surface area is 166 Å². The fourth-order valence-corrected chi connectivity index (χ4v) is 4.24. The highest BCUT2D eigenvalue weighted by molar-refractivity contribution is 14.0. The van der Waals surface area contributed by atoms with Crippen LogP contribution in [0.4, 0.5) is 0 Å². The van der Waals surface area contributed by atoms with Gasteiger partial charge < -0.3 is 20.1 Å². The van der Waals surface area contributed by atoms with Gasteiger partial charge in [0.1, 0.15) is 0 Å². The van der Waals surface area contributed by atoms with E-state index in [-0.39, 0.29) is 35.9 Å². The zero-order valence-electron chi connectivity index (χ0n) is 14.6. The van der Waals surface area contributed by atoms with Crippen molar-refractivity contribution < 1.29 is 14.6 Å². The molecular weight excluding hydrogens is 441 g/mol. The maximum absolute atomic E-state index is 11.8. The first kappa shape index (κ1) is 21.8. The van der Waals surface area contributed by atoms with Crippen molar-refractivity contribution in [3.8, 4) is 0 Å². The van der Waals surface area contributed by atoms with Gasteiger partial charge in [-0.3, -0.25) is 9.79 Å². The number of hydrogen-bond acceptors (Lipinski definition) is 5. The van der Waals surface area contributed by atoms with Crippen LogP contribution in [0.2, 0.25) is 0 Å². The van der Waals surface area contributed by atoms with Gasteiger partial charge in [-0.05, 0) is 38.9 Å². The van der Waals surface area contributed by atoms with Crippen LogP contribution in [0.15, 0.2) is 4.99 Å². The van der Waals surface area contributed by atoms with E-state index in [1.54, 1.807) is 11.8 Å². The third-order valence-corrected chi connectivity index (χ3v) is 5.59. The first-order valence-corrected chi connectivity index (χ1v) is 9.73. The van der Waals surface area contributed by atoms with Gasteiger partial charge in [0.2, 0.25) is 0 Å². The summed E-state index contributed by atoms with van der Waals surface area (Å²) in [6.45, 7) is 7.16. The summed E-state index contributed by atoms with van der Waals surface area (Å²) in [6, 6.07) is 0. The minimum atomic E-state index is -0.658. The van der Waals surface area contributed by atoms with Crippen LogP contribution in [-0.4, -0.2) is 71.8 Å². The van der Waals surface area contributed by atoms with Crippen molar-refractivity contribution >= 4 is 47.7 Å². The van der Waals surface area contributed by atoms with Crippen LogP contribution in [-0.2, 0) is 9.53 Å². The fraction of sp³-hybridized carbons (Fsp3) is 0.875. The van der Waals surface area contributed by atoms with Crippen molar-refractivity contribution in [1.29, 1.82) is 0 Å². The first-order valence-electron chi connectivity index (χ1n) is 8.58. The number of ether oxygens (including phenoxy) is 1. The molecule has 0 saturated carbocycles. The third kappa shape index (κ3) is 6.25. The van der Waals surface area contributed by atoms with Crippen molar-refractivity contribution in [2.75, 3.05) is 44.3 Å². The number of halogens is 1. The lowest BCUT2D eigenvalue weighted by Gasteiger charge is -2.33. The second-order valence-electron chi connectivity index (χ2n) is 6.21. The van der Waals surface area contributed by atoms with Crippen LogP contribution in [0.1, 0.15) is 33.1 Å². The molecule has 140 valence electrons. The summed E-state index contributed by atoms with van der Waals surface area (Å²) in [4.78, 5) is 18.7. The van der Waals surface area contributed by atoms with E-state index in [1.165, 1.54) is 0 Å². The minimum Gasteiger partial charge on any atom is -0.466 e. The summed E-state index contributed by atoms with van der Waals surface area (Å²) in [7, 11) is 0. The standard InChI is InChI=1S/C16H29N3O3S.HI/c1-3-17-15(18-11-16(21)7-10-23-12-16)19-8-5-13(6-9-19)14(20)22-4-2;/h13,21H,3-12H2,1-2H3,(H,17,18);1H. The molecule has 0 bridgehead atoms. The second-order valence-corrected chi connectivity index (χ2v) is 7.32. The first-order chi connectivity index (χ1) is 11.1. The van der Waals surface area contributed by atoms with Crippen LogP contribution in [0, 0.1) is 5.92 Å². The Bertz CT molecular complexity index is 423. The number of likely N-dealkylation sites (tertiary alicyclic amines) is 1. The van der Waals surface area contributed by atoms with Gasteiger partial charge in [0.25, 0.3) is 0 Å². The molecule has 2 N–H and O–H groups in total. The lowest BCUT2D eigenvalue weighted by molar-refractivity contribution is -0.149. The highest BCUT2D eigenvalue weighted by Crippen LogP contribution is 2.28. The van der Waals surface area contributed by atoms with Crippen molar-refractivity contribution in [2.45, 2.75) is 38.7 Å². The van der Waals surface area contributed by atoms with Crippen molar-refractivity contribution in [3.05, 3.63) is 0 Å². The molecule has 1 atom stereocenters. The lowest BCUT2D eigenvalue weighted by Crippen LogP contribution is -2.47. The van der Waals surface area contributed by atoms with Crippen molar-refractivity contribution in [2.24, 2.45) is 10.9 Å². The van der Waals surface area contributed by atoms with Gasteiger partial charge in [-0.25, -0.2) is 0 Å². The van der Waals surface area contributed by atoms with Gasteiger partial charge in [0.15, 0.2) is 5.96 Å². The summed E-state index contributed by atoms with van der Waals surface area (Å²) in [5.41, 5.74) is -0.658. The molecule has 6 nitrogen and oxygen atoms in total. The van der Waals surface area contributed by atoms with E-state index >= 15 is 0 Å². The van der Waals surface area contributed by atoms with Crippen LogP contribution in [0.25, 0.3) is 0 Å². The number of nitrogens with zero attached hydrogens (tertiary/aromatic N) is 2. The number of hydrogen-bond donors (Lipinski definition) is 2. The molecule has 1 unspecified atom stereocenters. The van der Waals surface area contributed by atoms with Gasteiger partial charge in [-0.15, -0.1) is 24.0 Å². The summed E-state index contributed by atoms with van der Waals surface area (Å²) >= 11 is 1.79. The topological polar surface area (TPSA) is 74.2 Å². The maximum atomic E-state index is 11.8. The quantitative estimate of drug-likeness (QED) is 0.275. The normalized spacial score (nSPS) is 25.3. The molecule has 2 heterocycles. The van der Waals surface area contributed by atoms with E-state index < -0.39 is 5.60 Å². The number of esters is 1. The van der Waals surface area contributed by atoms with Gasteiger partial charge in [0.05, 0.1) is 24.7 Å². The van der Waals surface area contributed by atoms with Crippen LogP contribution in [0.3, 0.4) is 0 Å². The lowest BCUT2D eigenvalue weighted by atomic mass is 9.97. The molecule has 2 aliphatic rings. The molecule has 0 aliphatic carbocycles. The van der Waals surface area contributed by atoms with E-state index in [0.717, 1.165) is 56.4 Å². The Morgan fingerprint density at radius 3 is 2.67 bits per heavy atom. The van der Waals surface area contributed by atoms with Crippen molar-refractivity contribution in [3.63, 3.8) is 0 Å². The molecule has 2 fully saturated rings. The molecule has 0 aromatic heterocycles. The van der Waals surface area contributed by atoms with Crippen LogP contribution < -0.4 is 5.32 Å². The number of carbonyl (C=O) groups is 1. The number of thioether (sulfide) groups is 1. The summed E-state index contributed by atoms with van der Waals surface area (Å²) in [5.74, 6) is 2.55. The zero-order valence-corrected chi connectivity index (χ0v) is 17.8. The number of aliphatic imine (C=N–C) groups is 1. The van der Waals surface area contributed by atoms with Gasteiger partial charge in [0, 0.05) is 25.4 Å². The van der Waals surface area contributed by atoms with Gasteiger partial charge in [-0.1, -0.05) is 0 Å². The minimum absolute atomic E-state index is 0. The Hall–Kier alpha value is -0.220. The molecule has 24 heavy (non-hydrogen) atoms. The van der Waals surface area contributed by atoms with Gasteiger partial charge in [-0.2, -0.15) is 11.8 Å². The third-order valence-electron chi connectivity index (χ3n) is 4.35. The Morgan fingerprint density at radius 1 is 1.42 bits per heavy atom. The molecular formula is C16H30IN3O3S. The Balaban J connectivity index is 0.00000288. The molecule has 0 radical (unpaired) electrons. The molecule has 0 amide bonds. The largest absolute Gasteiger partial charge is 0.466 e. The van der Waals surface area contributed by atoms with E-state index in [1.807, 2.05) is 13.8 Å². The van der Waals surface area contributed by atoms with E-state index in [2.05, 4.69) is 15.2 Å². The summed E-state index contributed by atoms with van der Waals surface area (Å²) in [5, 5.41) is 13.7. The average molecular weight is 471 g/mol. The number of aliphatic hydroxyl groups is 1. The van der Waals surface area contributed by atoms with Crippen LogP contribution >= 0.6 is 35.7 Å². The summed E-state index contributed by atoms with van der Waals surface area (Å²) in [6.07, 6.45) is 2.40. The molecule has 2 aliphatic heterocycles. The molecule has 2 saturated heterocycles. The molecule has 8 heteroatoms. The zero-order chi connectivity index (χ0) is 16.7. The second kappa shape index (κ2) is 10.7. The Morgan fingerprint density at radius 2 is 2.12 bits per heavy atom. The SMILES string of the molecule is CCNC(=NCC1(O)CCSC1)N1CCC(C(=O)OCC)CC1.I. The number of guanidine groups is 1. The maximum Gasteiger partial charge on any atom is 0.309 e. The van der Waals surface area contributed by atoms with Crippen LogP contribution in [0.5, 0.6) is 0 Å². The number of piperidine rings is 1. The van der Waals surface area contributed by atoms with Crippen molar-refractivity contribution in [1.82, 2.24) is 10.2 Å². The monoisotopic (exact) mass is 471 g/mol. The Kier molecular flexibility index (Phi) is 9.73. The smallest absolute Gasteiger partial charge is 0.309 e. The summed E-state index contributed by atoms with van der Waals surface area (Å²) < 4.78 is 5.11. The molecule has 0 aromatic carbocycles. The molecule has 0 aromatic rings. The average Bonchev–Trinajstić information content (AvgIpc) is 2.99. The van der Waals surface area contributed by atoms with Gasteiger partial charge >= 0.3 is 5.97 Å². The highest BCUT2D eigenvalue weighted by atomic mass is 127. The van der Waals surface area contributed by atoms with E-state index in [4.69, 9.17) is 4.74 Å². The molecule has 2 rings (SSSR count). The number of rotatable bonds is 5. The highest BCUT2D eigenvalue weighted by Gasteiger charge is 2.32. The van der Waals surface area contributed by atoms with E-state index in [9.17, 15) is 9.90 Å².